The molecule has 0 radical (unpaired) electrons. The molecule has 0 atom stereocenters. The van der Waals surface area contributed by atoms with Crippen molar-refractivity contribution < 1.29 is 9.50 Å². The molecule has 0 spiro atoms. The molecule has 2 N–H and O–H groups in total. The van der Waals surface area contributed by atoms with Crippen LogP contribution in [0, 0.1) is 5.82 Å². The van der Waals surface area contributed by atoms with Crippen LogP contribution in [0.15, 0.2) is 34.1 Å². The number of H-pyrrole nitrogens is 1. The largest absolute Gasteiger partial charge is 0.492 e. The minimum absolute atomic E-state index is 0.0457. The Balaban J connectivity index is 2.28. The van der Waals surface area contributed by atoms with Crippen molar-refractivity contribution in [2.45, 2.75) is 13.0 Å². The van der Waals surface area contributed by atoms with E-state index in [0.717, 1.165) is 10.1 Å². The molecule has 0 amide bonds. The molecule has 0 aliphatic heterocycles. The van der Waals surface area contributed by atoms with E-state index in [9.17, 15) is 19.1 Å². The number of pyridine rings is 1. The normalized spacial score (nSPS) is 10.5. The molecular weight excluding hydrogens is 241 g/mol. The summed E-state index contributed by atoms with van der Waals surface area (Å²) in [5, 5.41) is 9.39. The first-order chi connectivity index (χ1) is 8.59. The fraction of sp³-hybridized carbons (Fsp3) is 0.182. The van der Waals surface area contributed by atoms with Gasteiger partial charge in [-0.3, -0.25) is 19.3 Å². The van der Waals surface area contributed by atoms with Crippen molar-refractivity contribution in [2.75, 3.05) is 0 Å². The average molecular weight is 251 g/mol. The zero-order valence-electron chi connectivity index (χ0n) is 9.26. The maximum Gasteiger partial charge on any atom is 0.331 e. The van der Waals surface area contributed by atoms with Crippen molar-refractivity contribution in [3.63, 3.8) is 0 Å². The number of aryl methyl sites for hydroxylation is 1. The van der Waals surface area contributed by atoms with Gasteiger partial charge in [0.1, 0.15) is 0 Å². The summed E-state index contributed by atoms with van der Waals surface area (Å²) in [6.45, 7) is 0.0457. The first kappa shape index (κ1) is 12.0. The van der Waals surface area contributed by atoms with Gasteiger partial charge in [-0.2, -0.15) is 4.39 Å². The van der Waals surface area contributed by atoms with Gasteiger partial charge < -0.3 is 5.11 Å². The molecule has 0 saturated carbocycles. The van der Waals surface area contributed by atoms with Crippen molar-refractivity contribution in [1.29, 1.82) is 0 Å². The Hall–Kier alpha value is -2.44. The van der Waals surface area contributed by atoms with E-state index in [1.54, 1.807) is 29.5 Å². The van der Waals surface area contributed by atoms with Gasteiger partial charge in [0.25, 0.3) is 5.56 Å². The van der Waals surface area contributed by atoms with Gasteiger partial charge in [0.05, 0.1) is 0 Å². The number of hydrogen-bond acceptors (Lipinski definition) is 4. The molecule has 0 aliphatic rings. The molecule has 2 rings (SSSR count). The second-order valence-electron chi connectivity index (χ2n) is 3.66. The highest BCUT2D eigenvalue weighted by molar-refractivity contribution is 5.12. The van der Waals surface area contributed by atoms with Crippen LogP contribution in [0.2, 0.25) is 0 Å². The van der Waals surface area contributed by atoms with Crippen LogP contribution >= 0.6 is 0 Å². The van der Waals surface area contributed by atoms with Gasteiger partial charge in [0.2, 0.25) is 11.7 Å². The van der Waals surface area contributed by atoms with Gasteiger partial charge in [0, 0.05) is 18.9 Å². The van der Waals surface area contributed by atoms with Crippen molar-refractivity contribution in [3.05, 3.63) is 56.7 Å². The van der Waals surface area contributed by atoms with E-state index in [2.05, 4.69) is 4.98 Å². The fourth-order valence-electron chi connectivity index (χ4n) is 1.53. The topological polar surface area (TPSA) is 88.0 Å². The van der Waals surface area contributed by atoms with Crippen LogP contribution in [-0.4, -0.2) is 19.6 Å². The van der Waals surface area contributed by atoms with Gasteiger partial charge in [-0.15, -0.1) is 0 Å². The number of halogens is 1. The molecule has 2 heterocycles. The molecule has 2 aromatic rings. The molecule has 94 valence electrons. The van der Waals surface area contributed by atoms with Gasteiger partial charge in [-0.1, -0.05) is 6.07 Å². The van der Waals surface area contributed by atoms with E-state index >= 15 is 0 Å². The number of aromatic nitrogens is 3. The van der Waals surface area contributed by atoms with E-state index in [1.807, 2.05) is 0 Å². The molecule has 0 bridgehead atoms. The highest BCUT2D eigenvalue weighted by atomic mass is 19.1. The Morgan fingerprint density at radius 3 is 2.89 bits per heavy atom. The van der Waals surface area contributed by atoms with E-state index in [1.165, 1.54) is 0 Å². The van der Waals surface area contributed by atoms with Gasteiger partial charge >= 0.3 is 5.69 Å². The highest BCUT2D eigenvalue weighted by Gasteiger charge is 2.13. The predicted octanol–water partition coefficient (Wildman–Crippen LogP) is 0.0190. The molecule has 0 unspecified atom stereocenters. The number of nitrogens with one attached hydrogen (secondary N) is 1. The summed E-state index contributed by atoms with van der Waals surface area (Å²) < 4.78 is 13.9. The lowest BCUT2D eigenvalue weighted by atomic mass is 10.2. The van der Waals surface area contributed by atoms with E-state index in [0.29, 0.717) is 6.42 Å². The zero-order valence-corrected chi connectivity index (χ0v) is 9.26. The predicted molar refractivity (Wildman–Crippen MR) is 60.9 cm³/mol. The minimum Gasteiger partial charge on any atom is -0.492 e. The molecule has 2 aromatic heterocycles. The van der Waals surface area contributed by atoms with Crippen molar-refractivity contribution >= 4 is 0 Å². The third-order valence-corrected chi connectivity index (χ3v) is 2.46. The lowest BCUT2D eigenvalue weighted by molar-refractivity contribution is 0.360. The second-order valence-corrected chi connectivity index (χ2v) is 3.66. The molecule has 0 saturated heterocycles. The van der Waals surface area contributed by atoms with Crippen LogP contribution in [0.4, 0.5) is 4.39 Å². The number of hydrogen-bond donors (Lipinski definition) is 2. The van der Waals surface area contributed by atoms with E-state index in [-0.39, 0.29) is 6.54 Å². The Labute approximate surface area is 100 Å². The molecule has 18 heavy (non-hydrogen) atoms. The lowest BCUT2D eigenvalue weighted by Crippen LogP contribution is -2.32. The van der Waals surface area contributed by atoms with Crippen LogP contribution in [0.5, 0.6) is 5.88 Å². The van der Waals surface area contributed by atoms with Crippen LogP contribution in [0.1, 0.15) is 5.56 Å². The van der Waals surface area contributed by atoms with Crippen LogP contribution < -0.4 is 11.2 Å². The minimum atomic E-state index is -1.36. The maximum absolute atomic E-state index is 13.1. The van der Waals surface area contributed by atoms with Crippen molar-refractivity contribution in [1.82, 2.24) is 14.5 Å². The van der Waals surface area contributed by atoms with Gasteiger partial charge in [-0.05, 0) is 18.1 Å². The molecule has 7 heteroatoms. The number of nitrogens with zero attached hydrogens (tertiary/aromatic N) is 2. The Bertz CT molecular complexity index is 663. The van der Waals surface area contributed by atoms with E-state index < -0.39 is 22.9 Å². The van der Waals surface area contributed by atoms with Gasteiger partial charge in [0.15, 0.2) is 0 Å². The highest BCUT2D eigenvalue weighted by Crippen LogP contribution is 2.08. The fourth-order valence-corrected chi connectivity index (χ4v) is 1.53. The average Bonchev–Trinajstić information content (AvgIpc) is 2.37. The number of aromatic hydroxyl groups is 1. The van der Waals surface area contributed by atoms with E-state index in [4.69, 9.17) is 0 Å². The van der Waals surface area contributed by atoms with Crippen LogP contribution in [0.3, 0.4) is 0 Å². The van der Waals surface area contributed by atoms with Crippen molar-refractivity contribution in [2.24, 2.45) is 0 Å². The Morgan fingerprint density at radius 2 is 2.22 bits per heavy atom. The Morgan fingerprint density at radius 1 is 1.44 bits per heavy atom. The zero-order chi connectivity index (χ0) is 13.1. The number of aromatic amines is 1. The summed E-state index contributed by atoms with van der Waals surface area (Å²) in [6, 6.07) is 3.52. The Kier molecular flexibility index (Phi) is 3.22. The summed E-state index contributed by atoms with van der Waals surface area (Å²) in [6.07, 6.45) is 3.59. The summed E-state index contributed by atoms with van der Waals surface area (Å²) in [4.78, 5) is 27.9. The first-order valence-corrected chi connectivity index (χ1v) is 5.20. The molecule has 0 fully saturated rings. The van der Waals surface area contributed by atoms with Crippen LogP contribution in [-0.2, 0) is 13.0 Å². The summed E-state index contributed by atoms with van der Waals surface area (Å²) in [5.74, 6) is -2.31. The quantitative estimate of drug-likeness (QED) is 0.804. The summed E-state index contributed by atoms with van der Waals surface area (Å²) >= 11 is 0. The smallest absolute Gasteiger partial charge is 0.331 e. The molecule has 6 nitrogen and oxygen atoms in total. The summed E-state index contributed by atoms with van der Waals surface area (Å²) in [5.41, 5.74) is -1.24. The van der Waals surface area contributed by atoms with Gasteiger partial charge in [-0.25, -0.2) is 4.79 Å². The monoisotopic (exact) mass is 251 g/mol. The lowest BCUT2D eigenvalue weighted by Gasteiger charge is -2.07. The molecule has 0 aliphatic carbocycles. The SMILES string of the molecule is O=c1[nH]c(=O)n(CCc2cccnc2)c(O)c1F. The first-order valence-electron chi connectivity index (χ1n) is 5.20. The van der Waals surface area contributed by atoms with Crippen molar-refractivity contribution in [3.8, 4) is 5.88 Å². The third-order valence-electron chi connectivity index (χ3n) is 2.46. The standard InChI is InChI=1S/C11H10FN3O3/c12-8-9(16)14-11(18)15(10(8)17)5-3-7-2-1-4-13-6-7/h1-2,4,6,17H,3,5H2,(H,14,16,18). The maximum atomic E-state index is 13.1. The second kappa shape index (κ2) is 4.82. The number of rotatable bonds is 3. The summed E-state index contributed by atoms with van der Waals surface area (Å²) in [7, 11) is 0. The molecular formula is C11H10FN3O3. The molecule has 0 aromatic carbocycles. The van der Waals surface area contributed by atoms with Crippen LogP contribution in [0.25, 0.3) is 0 Å². The third kappa shape index (κ3) is 2.29.